The Morgan fingerprint density at radius 2 is 1.12 bits per heavy atom. The summed E-state index contributed by atoms with van der Waals surface area (Å²) in [7, 11) is 2.78. The van der Waals surface area contributed by atoms with Gasteiger partial charge in [0.2, 0.25) is 0 Å². The van der Waals surface area contributed by atoms with Crippen molar-refractivity contribution in [2.75, 3.05) is 14.2 Å². The molecular weight excluding hydrogens is 328 g/mol. The molecule has 0 aliphatic heterocycles. The monoisotopic (exact) mass is 362 g/mol. The van der Waals surface area contributed by atoms with Crippen LogP contribution >= 0.6 is 0 Å². The predicted molar refractivity (Wildman–Crippen MR) is 105 cm³/mol. The standard InChI is InChI=1S/C22H34O4/c1-20(2,3)14-12-13(18(23)25-10)16(21(4,5)6)17(22(7,8)9)15(14)19(24)26-11/h12H,1-11H3. The summed E-state index contributed by atoms with van der Waals surface area (Å²) < 4.78 is 10.2. The van der Waals surface area contributed by atoms with Crippen LogP contribution in [0.3, 0.4) is 0 Å². The first-order valence-corrected chi connectivity index (χ1v) is 8.96. The van der Waals surface area contributed by atoms with Crippen LogP contribution in [0.2, 0.25) is 0 Å². The van der Waals surface area contributed by atoms with E-state index in [9.17, 15) is 9.59 Å². The molecule has 0 fully saturated rings. The molecule has 4 heteroatoms. The Morgan fingerprint density at radius 1 is 0.692 bits per heavy atom. The summed E-state index contributed by atoms with van der Waals surface area (Å²) in [6, 6.07) is 1.81. The summed E-state index contributed by atoms with van der Waals surface area (Å²) in [5, 5.41) is 0. The number of carbonyl (C=O) groups is 2. The van der Waals surface area contributed by atoms with Crippen molar-refractivity contribution in [1.82, 2.24) is 0 Å². The first-order valence-electron chi connectivity index (χ1n) is 8.96. The number of methoxy groups -OCH3 is 2. The van der Waals surface area contributed by atoms with Gasteiger partial charge < -0.3 is 9.47 Å². The fourth-order valence-electron chi connectivity index (χ4n) is 3.39. The van der Waals surface area contributed by atoms with Gasteiger partial charge in [-0.3, -0.25) is 0 Å². The molecule has 0 aromatic heterocycles. The molecule has 0 radical (unpaired) electrons. The highest BCUT2D eigenvalue weighted by molar-refractivity contribution is 5.99. The van der Waals surface area contributed by atoms with Gasteiger partial charge in [-0.05, 0) is 39.0 Å². The first kappa shape index (κ1) is 22.2. The van der Waals surface area contributed by atoms with E-state index >= 15 is 0 Å². The number of carbonyl (C=O) groups excluding carboxylic acids is 2. The summed E-state index contributed by atoms with van der Waals surface area (Å²) in [6.45, 7) is 18.4. The molecule has 1 aromatic rings. The molecule has 0 aliphatic carbocycles. The van der Waals surface area contributed by atoms with Gasteiger partial charge in [-0.25, -0.2) is 9.59 Å². The molecule has 0 amide bonds. The molecule has 0 saturated carbocycles. The van der Waals surface area contributed by atoms with Crippen molar-refractivity contribution in [3.05, 3.63) is 33.9 Å². The van der Waals surface area contributed by atoms with Crippen LogP contribution in [0, 0.1) is 0 Å². The number of ether oxygens (including phenoxy) is 2. The number of hydrogen-bond acceptors (Lipinski definition) is 4. The summed E-state index contributed by atoms with van der Waals surface area (Å²) in [5.41, 5.74) is 2.50. The van der Waals surface area contributed by atoms with Crippen LogP contribution in [-0.4, -0.2) is 26.2 Å². The molecular formula is C22H34O4. The molecule has 0 heterocycles. The lowest BCUT2D eigenvalue weighted by Gasteiger charge is -2.36. The third-order valence-corrected chi connectivity index (χ3v) is 4.43. The van der Waals surface area contributed by atoms with E-state index in [1.54, 1.807) is 0 Å². The normalized spacial score (nSPS) is 12.7. The average molecular weight is 363 g/mol. The zero-order valence-electron chi connectivity index (χ0n) is 18.2. The summed E-state index contributed by atoms with van der Waals surface area (Å²) in [4.78, 5) is 25.5. The molecule has 0 atom stereocenters. The van der Waals surface area contributed by atoms with Crippen molar-refractivity contribution < 1.29 is 19.1 Å². The fraction of sp³-hybridized carbons (Fsp3) is 0.636. The Bertz CT molecular complexity index is 708. The summed E-state index contributed by atoms with van der Waals surface area (Å²) >= 11 is 0. The second kappa shape index (κ2) is 7.05. The molecule has 4 nitrogen and oxygen atoms in total. The number of hydrogen-bond donors (Lipinski definition) is 0. The molecule has 0 spiro atoms. The van der Waals surface area contributed by atoms with Gasteiger partial charge in [0.25, 0.3) is 0 Å². The van der Waals surface area contributed by atoms with Crippen LogP contribution in [0.1, 0.15) is 99.7 Å². The van der Waals surface area contributed by atoms with Gasteiger partial charge in [-0.2, -0.15) is 0 Å². The number of benzene rings is 1. The minimum atomic E-state index is -0.387. The SMILES string of the molecule is COC(=O)c1cc(C(C)(C)C)c(C(=O)OC)c(C(C)(C)C)c1C(C)(C)C. The van der Waals surface area contributed by atoms with Crippen LogP contribution in [0.15, 0.2) is 6.07 Å². The highest BCUT2D eigenvalue weighted by Gasteiger charge is 2.38. The van der Waals surface area contributed by atoms with Crippen LogP contribution in [-0.2, 0) is 25.7 Å². The fourth-order valence-corrected chi connectivity index (χ4v) is 3.39. The van der Waals surface area contributed by atoms with E-state index in [2.05, 4.69) is 20.8 Å². The largest absolute Gasteiger partial charge is 0.465 e. The molecule has 146 valence electrons. The Balaban J connectivity index is 4.32. The minimum Gasteiger partial charge on any atom is -0.465 e. The molecule has 1 rings (SSSR count). The molecule has 26 heavy (non-hydrogen) atoms. The smallest absolute Gasteiger partial charge is 0.338 e. The van der Waals surface area contributed by atoms with E-state index in [1.165, 1.54) is 14.2 Å². The third-order valence-electron chi connectivity index (χ3n) is 4.43. The van der Waals surface area contributed by atoms with Gasteiger partial charge in [-0.15, -0.1) is 0 Å². The van der Waals surface area contributed by atoms with Crippen LogP contribution in [0.5, 0.6) is 0 Å². The molecule has 0 N–H and O–H groups in total. The lowest BCUT2D eigenvalue weighted by Crippen LogP contribution is -2.32. The van der Waals surface area contributed by atoms with Crippen molar-refractivity contribution in [1.29, 1.82) is 0 Å². The van der Waals surface area contributed by atoms with E-state index < -0.39 is 0 Å². The summed E-state index contributed by atoms with van der Waals surface area (Å²) in [6.07, 6.45) is 0. The molecule has 0 unspecified atom stereocenters. The van der Waals surface area contributed by atoms with Crippen molar-refractivity contribution in [3.63, 3.8) is 0 Å². The lowest BCUT2D eigenvalue weighted by molar-refractivity contribution is 0.0579. The topological polar surface area (TPSA) is 52.6 Å². The lowest BCUT2D eigenvalue weighted by atomic mass is 9.67. The Labute approximate surface area is 158 Å². The zero-order valence-corrected chi connectivity index (χ0v) is 18.2. The quantitative estimate of drug-likeness (QED) is 0.683. The first-order chi connectivity index (χ1) is 11.6. The second-order valence-electron chi connectivity index (χ2n) is 9.83. The van der Waals surface area contributed by atoms with E-state index in [1.807, 2.05) is 47.6 Å². The van der Waals surface area contributed by atoms with Crippen LogP contribution in [0.25, 0.3) is 0 Å². The highest BCUT2D eigenvalue weighted by Crippen LogP contribution is 2.43. The number of rotatable bonds is 2. The van der Waals surface area contributed by atoms with E-state index in [0.717, 1.165) is 16.7 Å². The molecule has 0 aliphatic rings. The predicted octanol–water partition coefficient (Wildman–Crippen LogP) is 5.15. The maximum Gasteiger partial charge on any atom is 0.338 e. The Morgan fingerprint density at radius 3 is 1.42 bits per heavy atom. The number of esters is 2. The van der Waals surface area contributed by atoms with E-state index in [0.29, 0.717) is 11.1 Å². The summed E-state index contributed by atoms with van der Waals surface area (Å²) in [5.74, 6) is -0.760. The maximum absolute atomic E-state index is 12.8. The van der Waals surface area contributed by atoms with Crippen LogP contribution in [0.4, 0.5) is 0 Å². The van der Waals surface area contributed by atoms with Gasteiger partial charge in [0, 0.05) is 0 Å². The van der Waals surface area contributed by atoms with Gasteiger partial charge in [0.05, 0.1) is 25.3 Å². The molecule has 0 saturated heterocycles. The van der Waals surface area contributed by atoms with Gasteiger partial charge >= 0.3 is 11.9 Å². The minimum absolute atomic E-state index is 0.345. The molecule has 1 aromatic carbocycles. The van der Waals surface area contributed by atoms with Crippen molar-refractivity contribution in [2.24, 2.45) is 0 Å². The van der Waals surface area contributed by atoms with Gasteiger partial charge in [-0.1, -0.05) is 62.3 Å². The average Bonchev–Trinajstić information content (AvgIpc) is 2.48. The Kier molecular flexibility index (Phi) is 6.02. The van der Waals surface area contributed by atoms with Crippen molar-refractivity contribution in [3.8, 4) is 0 Å². The maximum atomic E-state index is 12.8. The second-order valence-corrected chi connectivity index (χ2v) is 9.83. The van der Waals surface area contributed by atoms with Crippen LogP contribution < -0.4 is 0 Å². The van der Waals surface area contributed by atoms with Gasteiger partial charge in [0.1, 0.15) is 0 Å². The molecule has 0 bridgehead atoms. The Hall–Kier alpha value is -1.84. The van der Waals surface area contributed by atoms with E-state index in [-0.39, 0.29) is 28.2 Å². The highest BCUT2D eigenvalue weighted by atomic mass is 16.5. The van der Waals surface area contributed by atoms with Gasteiger partial charge in [0.15, 0.2) is 0 Å². The third kappa shape index (κ3) is 4.28. The zero-order chi connectivity index (χ0) is 20.7. The van der Waals surface area contributed by atoms with Crippen molar-refractivity contribution >= 4 is 11.9 Å². The van der Waals surface area contributed by atoms with Crippen molar-refractivity contribution in [2.45, 2.75) is 78.6 Å². The van der Waals surface area contributed by atoms with E-state index in [4.69, 9.17) is 9.47 Å².